The first-order valence-electron chi connectivity index (χ1n) is 5.52. The third kappa shape index (κ3) is 4.18. The van der Waals surface area contributed by atoms with Crippen LogP contribution in [0.25, 0.3) is 0 Å². The second kappa shape index (κ2) is 5.84. The van der Waals surface area contributed by atoms with Crippen LogP contribution in [-0.4, -0.2) is 29.1 Å². The second-order valence-electron chi connectivity index (χ2n) is 4.67. The molecular formula is C11H22N2O3. The Kier molecular flexibility index (Phi) is 5.44. The van der Waals surface area contributed by atoms with Gasteiger partial charge in [-0.25, -0.2) is 0 Å². The fourth-order valence-corrected chi connectivity index (χ4v) is 1.17. The fraction of sp³-hybridized carbons (Fsp3) is 0.818. The molecule has 0 bridgehead atoms. The maximum atomic E-state index is 11.6. The summed E-state index contributed by atoms with van der Waals surface area (Å²) in [6.07, 6.45) is 0.512. The molecule has 1 amide bonds. The fourth-order valence-electron chi connectivity index (χ4n) is 1.17. The smallest absolute Gasteiger partial charge is 0.308 e. The van der Waals surface area contributed by atoms with Crippen LogP contribution >= 0.6 is 0 Å². The lowest BCUT2D eigenvalue weighted by Crippen LogP contribution is -2.52. The molecule has 0 radical (unpaired) electrons. The lowest BCUT2D eigenvalue weighted by atomic mass is 9.94. The number of amides is 1. The molecule has 16 heavy (non-hydrogen) atoms. The van der Waals surface area contributed by atoms with E-state index in [1.165, 1.54) is 0 Å². The van der Waals surface area contributed by atoms with Crippen molar-refractivity contribution < 1.29 is 14.7 Å². The number of aliphatic carboxylic acids is 1. The van der Waals surface area contributed by atoms with Crippen molar-refractivity contribution in [2.75, 3.05) is 6.54 Å². The zero-order valence-corrected chi connectivity index (χ0v) is 10.4. The Balaban J connectivity index is 4.33. The minimum atomic E-state index is -0.931. The van der Waals surface area contributed by atoms with Gasteiger partial charge >= 0.3 is 5.97 Å². The summed E-state index contributed by atoms with van der Waals surface area (Å²) in [7, 11) is 0. The molecule has 0 aliphatic heterocycles. The average molecular weight is 230 g/mol. The van der Waals surface area contributed by atoms with Crippen molar-refractivity contribution in [1.82, 2.24) is 5.32 Å². The molecule has 0 heterocycles. The van der Waals surface area contributed by atoms with Crippen molar-refractivity contribution >= 4 is 11.9 Å². The topological polar surface area (TPSA) is 92.4 Å². The molecule has 0 saturated heterocycles. The molecule has 0 rings (SSSR count). The number of hydrogen-bond donors (Lipinski definition) is 3. The number of rotatable bonds is 6. The summed E-state index contributed by atoms with van der Waals surface area (Å²) in [4.78, 5) is 22.5. The Bertz CT molecular complexity index is 262. The summed E-state index contributed by atoms with van der Waals surface area (Å²) in [6, 6.07) is 0. The second-order valence-corrected chi connectivity index (χ2v) is 4.67. The SMILES string of the molecule is CCC(C)(N)C(=O)NCC(C(=O)O)C(C)C. The molecule has 5 nitrogen and oxygen atoms in total. The zero-order valence-electron chi connectivity index (χ0n) is 10.4. The van der Waals surface area contributed by atoms with Gasteiger partial charge in [-0.3, -0.25) is 9.59 Å². The van der Waals surface area contributed by atoms with Crippen LogP contribution in [0.15, 0.2) is 0 Å². The first-order valence-corrected chi connectivity index (χ1v) is 5.52. The van der Waals surface area contributed by atoms with E-state index >= 15 is 0 Å². The summed E-state index contributed by atoms with van der Waals surface area (Å²) in [6.45, 7) is 7.20. The van der Waals surface area contributed by atoms with E-state index in [9.17, 15) is 9.59 Å². The molecule has 4 N–H and O–H groups in total. The highest BCUT2D eigenvalue weighted by molar-refractivity contribution is 5.85. The molecule has 0 spiro atoms. The number of nitrogens with one attached hydrogen (secondary N) is 1. The van der Waals surface area contributed by atoms with E-state index in [0.717, 1.165) is 0 Å². The van der Waals surface area contributed by atoms with E-state index in [-0.39, 0.29) is 18.4 Å². The van der Waals surface area contributed by atoms with Gasteiger partial charge in [-0.15, -0.1) is 0 Å². The van der Waals surface area contributed by atoms with Crippen molar-refractivity contribution in [3.8, 4) is 0 Å². The summed E-state index contributed by atoms with van der Waals surface area (Å²) in [5, 5.41) is 11.5. The van der Waals surface area contributed by atoms with E-state index in [0.29, 0.717) is 6.42 Å². The van der Waals surface area contributed by atoms with Crippen LogP contribution < -0.4 is 11.1 Å². The quantitative estimate of drug-likeness (QED) is 0.622. The Morgan fingerprint density at radius 3 is 2.25 bits per heavy atom. The van der Waals surface area contributed by atoms with Gasteiger partial charge in [-0.05, 0) is 19.3 Å². The molecule has 0 fully saturated rings. The van der Waals surface area contributed by atoms with Gasteiger partial charge in [0.05, 0.1) is 11.5 Å². The highest BCUT2D eigenvalue weighted by atomic mass is 16.4. The maximum absolute atomic E-state index is 11.6. The number of carboxylic acids is 1. The highest BCUT2D eigenvalue weighted by Gasteiger charge is 2.28. The van der Waals surface area contributed by atoms with Crippen LogP contribution in [0.5, 0.6) is 0 Å². The average Bonchev–Trinajstić information content (AvgIpc) is 2.16. The first kappa shape index (κ1) is 14.9. The van der Waals surface area contributed by atoms with E-state index in [2.05, 4.69) is 5.32 Å². The van der Waals surface area contributed by atoms with Gasteiger partial charge in [0.15, 0.2) is 0 Å². The van der Waals surface area contributed by atoms with Gasteiger partial charge in [0, 0.05) is 6.54 Å². The normalized spacial score (nSPS) is 16.6. The Labute approximate surface area is 96.4 Å². The molecule has 5 heteroatoms. The summed E-state index contributed by atoms with van der Waals surface area (Å²) < 4.78 is 0. The van der Waals surface area contributed by atoms with Crippen molar-refractivity contribution in [3.63, 3.8) is 0 Å². The van der Waals surface area contributed by atoms with Gasteiger partial charge in [0.25, 0.3) is 0 Å². The van der Waals surface area contributed by atoms with Crippen LogP contribution in [0.3, 0.4) is 0 Å². The van der Waals surface area contributed by atoms with Gasteiger partial charge < -0.3 is 16.2 Å². The van der Waals surface area contributed by atoms with Crippen LogP contribution in [0.4, 0.5) is 0 Å². The molecule has 0 aliphatic rings. The molecule has 0 aromatic heterocycles. The van der Waals surface area contributed by atoms with Gasteiger partial charge in [0.1, 0.15) is 0 Å². The van der Waals surface area contributed by atoms with Crippen molar-refractivity contribution in [2.45, 2.75) is 39.7 Å². The zero-order chi connectivity index (χ0) is 12.9. The Morgan fingerprint density at radius 1 is 1.44 bits per heavy atom. The maximum Gasteiger partial charge on any atom is 0.308 e. The molecule has 0 aromatic rings. The van der Waals surface area contributed by atoms with Gasteiger partial charge in [0.2, 0.25) is 5.91 Å². The van der Waals surface area contributed by atoms with Crippen LogP contribution in [0.2, 0.25) is 0 Å². The van der Waals surface area contributed by atoms with Crippen molar-refractivity contribution in [1.29, 1.82) is 0 Å². The predicted molar refractivity (Wildman–Crippen MR) is 61.9 cm³/mol. The molecule has 0 saturated carbocycles. The molecule has 0 aliphatic carbocycles. The largest absolute Gasteiger partial charge is 0.481 e. The number of carbonyl (C=O) groups excluding carboxylic acids is 1. The monoisotopic (exact) mass is 230 g/mol. The molecule has 2 atom stereocenters. The lowest BCUT2D eigenvalue weighted by molar-refractivity contribution is -0.143. The summed E-state index contributed by atoms with van der Waals surface area (Å²) >= 11 is 0. The number of carboxylic acid groups (broad SMARTS) is 1. The van der Waals surface area contributed by atoms with Crippen LogP contribution in [0.1, 0.15) is 34.1 Å². The molecular weight excluding hydrogens is 208 g/mol. The first-order chi connectivity index (χ1) is 7.22. The Morgan fingerprint density at radius 2 is 1.94 bits per heavy atom. The molecule has 2 unspecified atom stereocenters. The van der Waals surface area contributed by atoms with Gasteiger partial charge in [-0.1, -0.05) is 20.8 Å². The van der Waals surface area contributed by atoms with E-state index in [1.807, 2.05) is 20.8 Å². The minimum absolute atomic E-state index is 0.0246. The van der Waals surface area contributed by atoms with Crippen LogP contribution in [0, 0.1) is 11.8 Å². The number of hydrogen-bond acceptors (Lipinski definition) is 3. The van der Waals surface area contributed by atoms with E-state index in [4.69, 9.17) is 10.8 Å². The minimum Gasteiger partial charge on any atom is -0.481 e. The van der Waals surface area contributed by atoms with E-state index < -0.39 is 17.4 Å². The summed E-state index contributed by atoms with van der Waals surface area (Å²) in [5.74, 6) is -1.80. The standard InChI is InChI=1S/C11H22N2O3/c1-5-11(4,12)10(16)13-6-8(7(2)3)9(14)15/h7-8H,5-6,12H2,1-4H3,(H,13,16)(H,14,15). The molecule has 0 aromatic carbocycles. The van der Waals surface area contributed by atoms with Gasteiger partial charge in [-0.2, -0.15) is 0 Å². The van der Waals surface area contributed by atoms with Crippen LogP contribution in [-0.2, 0) is 9.59 Å². The van der Waals surface area contributed by atoms with Crippen molar-refractivity contribution in [3.05, 3.63) is 0 Å². The van der Waals surface area contributed by atoms with Crippen molar-refractivity contribution in [2.24, 2.45) is 17.6 Å². The number of carbonyl (C=O) groups is 2. The third-order valence-electron chi connectivity index (χ3n) is 2.86. The Hall–Kier alpha value is -1.10. The molecule has 94 valence electrons. The third-order valence-corrected chi connectivity index (χ3v) is 2.86. The predicted octanol–water partition coefficient (Wildman–Crippen LogP) is 0.587. The number of nitrogens with two attached hydrogens (primary N) is 1. The summed E-state index contributed by atoms with van der Waals surface area (Å²) in [5.41, 5.74) is 4.81. The lowest BCUT2D eigenvalue weighted by Gasteiger charge is -2.24. The highest BCUT2D eigenvalue weighted by Crippen LogP contribution is 2.11. The van der Waals surface area contributed by atoms with E-state index in [1.54, 1.807) is 6.92 Å².